The lowest BCUT2D eigenvalue weighted by atomic mass is 10.1. The molecule has 2 N–H and O–H groups in total. The maximum absolute atomic E-state index is 13.5. The second-order valence-electron chi connectivity index (χ2n) is 9.19. The van der Waals surface area contributed by atoms with Gasteiger partial charge < -0.3 is 10.6 Å². The van der Waals surface area contributed by atoms with Crippen LogP contribution in [0, 0.1) is 38.5 Å². The van der Waals surface area contributed by atoms with E-state index >= 15 is 0 Å². The molecule has 0 aromatic carbocycles. The van der Waals surface area contributed by atoms with E-state index < -0.39 is 18.6 Å². The molecular formula is C28H33F5N6S2. The van der Waals surface area contributed by atoms with Gasteiger partial charge in [0.25, 0.3) is 0 Å². The van der Waals surface area contributed by atoms with Crippen LogP contribution in [0.5, 0.6) is 0 Å². The minimum atomic E-state index is -5.67. The summed E-state index contributed by atoms with van der Waals surface area (Å²) >= 11 is 3.22. The van der Waals surface area contributed by atoms with E-state index in [2.05, 4.69) is 64.5 Å². The summed E-state index contributed by atoms with van der Waals surface area (Å²) in [5, 5.41) is 6.00. The fourth-order valence-electron chi connectivity index (χ4n) is 4.00. The third kappa shape index (κ3) is 8.66. The van der Waals surface area contributed by atoms with E-state index in [0.717, 1.165) is 47.3 Å². The summed E-state index contributed by atoms with van der Waals surface area (Å²) in [6.07, 6.45) is 18.2. The van der Waals surface area contributed by atoms with Gasteiger partial charge in [-0.25, -0.2) is 9.97 Å². The first-order valence-corrected chi connectivity index (χ1v) is 15.0. The Morgan fingerprint density at radius 3 is 2.34 bits per heavy atom. The number of rotatable bonds is 12. The van der Waals surface area contributed by atoms with Crippen LogP contribution >= 0.6 is 23.1 Å². The number of nitrogens with one attached hydrogen (secondary N) is 2. The Morgan fingerprint density at radius 1 is 1.07 bits per heavy atom. The van der Waals surface area contributed by atoms with Gasteiger partial charge in [0.2, 0.25) is 5.95 Å². The molecule has 0 aliphatic heterocycles. The van der Waals surface area contributed by atoms with Crippen molar-refractivity contribution in [2.45, 2.75) is 57.5 Å². The lowest BCUT2D eigenvalue weighted by Crippen LogP contribution is -2.42. The van der Waals surface area contributed by atoms with Crippen molar-refractivity contribution in [3.63, 3.8) is 0 Å². The minimum absolute atomic E-state index is 0.301. The molecule has 6 nitrogen and oxygen atoms in total. The summed E-state index contributed by atoms with van der Waals surface area (Å²) in [6.45, 7) is 2.69. The molecule has 3 aromatic rings. The Morgan fingerprint density at radius 2 is 1.76 bits per heavy atom. The van der Waals surface area contributed by atoms with Crippen LogP contribution in [0.1, 0.15) is 49.9 Å². The Bertz CT molecular complexity index is 1310. The average molecular weight is 613 g/mol. The number of nitrogens with zero attached hydrogens (tertiary/aromatic N) is 4. The van der Waals surface area contributed by atoms with Crippen molar-refractivity contribution >= 4 is 45.1 Å². The van der Waals surface area contributed by atoms with Gasteiger partial charge >= 0.3 is 12.1 Å². The molecule has 0 spiro atoms. The summed E-state index contributed by atoms with van der Waals surface area (Å²) in [5.41, 5.74) is 2.82. The molecule has 3 heterocycles. The van der Waals surface area contributed by atoms with E-state index in [9.17, 15) is 22.0 Å². The number of halogens is 5. The smallest absolute Gasteiger partial charge is 0.369 e. The molecule has 3 aromatic heterocycles. The van der Waals surface area contributed by atoms with Gasteiger partial charge in [0, 0.05) is 18.7 Å². The molecule has 0 unspecified atom stereocenters. The molecule has 41 heavy (non-hydrogen) atoms. The first kappa shape index (κ1) is 34.0. The second-order valence-corrected chi connectivity index (χ2v) is 11.1. The molecule has 1 aliphatic rings. The SMILES string of the molecule is C#C.C#C.CC[C@@H](CCNc1nc(NCC(F)(F)C(F)(F)F)nc(C)c1-c1nc2c(C3CC3)nccc2s1)CSC. The number of alkyl halides is 5. The molecule has 13 heteroatoms. The number of thioether (sulfide) groups is 1. The second kappa shape index (κ2) is 15.2. The normalized spacial score (nSPS) is 13.9. The summed E-state index contributed by atoms with van der Waals surface area (Å²) in [6, 6.07) is 1.90. The molecule has 0 radical (unpaired) electrons. The van der Waals surface area contributed by atoms with Gasteiger partial charge in [-0.3, -0.25) is 4.98 Å². The fourth-order valence-corrected chi connectivity index (χ4v) is 5.94. The maximum Gasteiger partial charge on any atom is 0.455 e. The number of pyridine rings is 1. The highest BCUT2D eigenvalue weighted by atomic mass is 32.2. The van der Waals surface area contributed by atoms with Crippen LogP contribution in [0.4, 0.5) is 33.7 Å². The van der Waals surface area contributed by atoms with Crippen LogP contribution in [0.25, 0.3) is 20.8 Å². The fraction of sp³-hybridized carbons (Fsp3) is 0.500. The van der Waals surface area contributed by atoms with Crippen LogP contribution < -0.4 is 10.6 Å². The molecule has 1 atom stereocenters. The number of aromatic nitrogens is 4. The van der Waals surface area contributed by atoms with Gasteiger partial charge in [-0.15, -0.1) is 37.0 Å². The molecule has 222 valence electrons. The molecule has 1 saturated carbocycles. The Hall–Kier alpha value is -3.16. The number of anilines is 2. The summed E-state index contributed by atoms with van der Waals surface area (Å²) < 4.78 is 66.0. The van der Waals surface area contributed by atoms with E-state index in [-0.39, 0.29) is 5.95 Å². The molecule has 0 amide bonds. The number of fused-ring (bicyclic) bond motifs is 1. The third-order valence-corrected chi connectivity index (χ3v) is 8.15. The Balaban J connectivity index is 0.00000141. The number of hydrogen-bond acceptors (Lipinski definition) is 8. The minimum Gasteiger partial charge on any atom is -0.369 e. The molecule has 1 aliphatic carbocycles. The van der Waals surface area contributed by atoms with Gasteiger partial charge in [0.1, 0.15) is 16.3 Å². The zero-order valence-electron chi connectivity index (χ0n) is 23.1. The van der Waals surface area contributed by atoms with Crippen molar-refractivity contribution < 1.29 is 22.0 Å². The van der Waals surface area contributed by atoms with Crippen molar-refractivity contribution in [1.29, 1.82) is 0 Å². The first-order chi connectivity index (χ1) is 19.5. The van der Waals surface area contributed by atoms with Crippen LogP contribution in [-0.4, -0.2) is 57.1 Å². The lowest BCUT2D eigenvalue weighted by molar-refractivity contribution is -0.275. The van der Waals surface area contributed by atoms with Gasteiger partial charge in [0.15, 0.2) is 0 Å². The molecule has 0 bridgehead atoms. The number of terminal acetylenes is 2. The summed E-state index contributed by atoms with van der Waals surface area (Å²) in [4.78, 5) is 17.9. The average Bonchev–Trinajstić information content (AvgIpc) is 3.70. The van der Waals surface area contributed by atoms with Gasteiger partial charge in [-0.2, -0.15) is 38.7 Å². The monoisotopic (exact) mass is 612 g/mol. The predicted octanol–water partition coefficient (Wildman–Crippen LogP) is 7.63. The molecule has 0 saturated heterocycles. The first-order valence-electron chi connectivity index (χ1n) is 12.8. The Kier molecular flexibility index (Phi) is 12.6. The van der Waals surface area contributed by atoms with Crippen molar-refractivity contribution in [2.75, 3.05) is 35.7 Å². The van der Waals surface area contributed by atoms with E-state index in [1.807, 2.05) is 6.07 Å². The van der Waals surface area contributed by atoms with Crippen LogP contribution in [0.15, 0.2) is 12.3 Å². The zero-order chi connectivity index (χ0) is 30.8. The van der Waals surface area contributed by atoms with Crippen molar-refractivity contribution in [2.24, 2.45) is 5.92 Å². The van der Waals surface area contributed by atoms with E-state index in [1.54, 1.807) is 24.9 Å². The predicted molar refractivity (Wildman–Crippen MR) is 160 cm³/mol. The van der Waals surface area contributed by atoms with Gasteiger partial charge in [0.05, 0.1) is 28.2 Å². The van der Waals surface area contributed by atoms with Crippen molar-refractivity contribution in [1.82, 2.24) is 19.9 Å². The van der Waals surface area contributed by atoms with Crippen LogP contribution in [-0.2, 0) is 0 Å². The quantitative estimate of drug-likeness (QED) is 0.161. The summed E-state index contributed by atoms with van der Waals surface area (Å²) in [5.74, 6) is -2.98. The van der Waals surface area contributed by atoms with Gasteiger partial charge in [-0.1, -0.05) is 13.3 Å². The van der Waals surface area contributed by atoms with Gasteiger partial charge in [-0.05, 0) is 50.2 Å². The molecular weight excluding hydrogens is 579 g/mol. The largest absolute Gasteiger partial charge is 0.455 e. The van der Waals surface area contributed by atoms with Crippen molar-refractivity contribution in [3.8, 4) is 36.3 Å². The number of aryl methyl sites for hydroxylation is 1. The van der Waals surface area contributed by atoms with E-state index in [1.165, 1.54) is 11.3 Å². The van der Waals surface area contributed by atoms with Crippen LogP contribution in [0.2, 0.25) is 0 Å². The summed E-state index contributed by atoms with van der Waals surface area (Å²) in [7, 11) is 0. The third-order valence-electron chi connectivity index (χ3n) is 6.31. The lowest BCUT2D eigenvalue weighted by Gasteiger charge is -2.21. The van der Waals surface area contributed by atoms with E-state index in [4.69, 9.17) is 4.98 Å². The number of thiazole rings is 1. The highest BCUT2D eigenvalue weighted by molar-refractivity contribution is 7.98. The van der Waals surface area contributed by atoms with Crippen LogP contribution in [0.3, 0.4) is 0 Å². The molecule has 4 rings (SSSR count). The standard InChI is InChI=1S/C24H29F5N6S2.2C2H2/c1-4-14(11-36-3)7-9-31-20-17(13(2)33-22(35-20)32-12-23(25,26)24(27,28)29)21-34-19-16(37-21)8-10-30-18(19)15-5-6-15;2*1-2/h8,10,14-15H,4-7,9,11-12H2,1-3H3,(H2,31,32,33,35);2*1-2H/t14-;;/m0../s1. The topological polar surface area (TPSA) is 75.6 Å². The highest BCUT2D eigenvalue weighted by Crippen LogP contribution is 2.44. The maximum atomic E-state index is 13.5. The zero-order valence-corrected chi connectivity index (χ0v) is 24.7. The highest BCUT2D eigenvalue weighted by Gasteiger charge is 2.57. The number of hydrogen-bond donors (Lipinski definition) is 2. The van der Waals surface area contributed by atoms with E-state index in [0.29, 0.717) is 40.5 Å². The van der Waals surface area contributed by atoms with Crippen molar-refractivity contribution in [3.05, 3.63) is 23.7 Å². The molecule has 1 fully saturated rings. The Labute approximate surface area is 245 Å².